The third-order valence-electron chi connectivity index (χ3n) is 14.2. The van der Waals surface area contributed by atoms with Crippen LogP contribution in [-0.2, 0) is 38.1 Å². The van der Waals surface area contributed by atoms with E-state index in [1.165, 1.54) is 12.0 Å². The van der Waals surface area contributed by atoms with Crippen LogP contribution in [0.4, 0.5) is 0 Å². The molecule has 1 unspecified atom stereocenters. The van der Waals surface area contributed by atoms with Crippen molar-refractivity contribution < 1.29 is 63.7 Å². The molecule has 16 atom stereocenters. The van der Waals surface area contributed by atoms with E-state index in [-0.39, 0.29) is 67.3 Å². The number of aliphatic hydroxyl groups is 5. The number of esters is 1. The molecule has 14 nitrogen and oxygen atoms in total. The highest BCUT2D eigenvalue weighted by molar-refractivity contribution is 5.88. The summed E-state index contributed by atoms with van der Waals surface area (Å²) >= 11 is 0. The van der Waals surface area contributed by atoms with Crippen LogP contribution in [0, 0.1) is 35.5 Å². The zero-order valence-corrected chi connectivity index (χ0v) is 40.8. The van der Waals surface area contributed by atoms with E-state index in [0.717, 1.165) is 12.0 Å². The zero-order valence-electron chi connectivity index (χ0n) is 40.8. The lowest BCUT2D eigenvalue weighted by molar-refractivity contribution is -0.169. The standard InChI is InChI=1S/C51H83NO13/c1-30-16-12-11-13-17-31(2)42(62-8)28-38(53)21-19-32(3)45(56)48(59)50(60)52-23-15-14-18-39(52)51(61)65-43(34(5)26-37-20-22-40(54)44(27-37)63-9)29-41(55)33(4)25-36(7)47(58)49(64-10)46(57)35(6)24-30/h11-13,16-17,25,30,32-35,37-40,42-45,47-49,53-54,56,58-59H,14-15,18-24,26-29H2,1-10H3/b13-11+,16-12+,31-17+,36-25+/t30-,32-,33-,34-,35-,37+,38+,39+,40-,42+,43+,44-,45+,47-,48?,49+/m1/s1. The summed E-state index contributed by atoms with van der Waals surface area (Å²) in [7, 11) is 4.51. The number of hydrogen-bond acceptors (Lipinski definition) is 13. The van der Waals surface area contributed by atoms with Gasteiger partial charge in [-0.05, 0) is 113 Å². The molecule has 14 heteroatoms. The van der Waals surface area contributed by atoms with Crippen molar-refractivity contribution in [2.75, 3.05) is 27.9 Å². The van der Waals surface area contributed by atoms with Crippen LogP contribution in [0.5, 0.6) is 0 Å². The molecule has 0 aromatic rings. The minimum Gasteiger partial charge on any atom is -0.460 e. The monoisotopic (exact) mass is 918 g/mol. The lowest BCUT2D eigenvalue weighted by atomic mass is 9.78. The van der Waals surface area contributed by atoms with E-state index in [4.69, 9.17) is 18.9 Å². The molecule has 1 saturated carbocycles. The Balaban J connectivity index is 1.97. The summed E-state index contributed by atoms with van der Waals surface area (Å²) in [5, 5.41) is 55.4. The van der Waals surface area contributed by atoms with E-state index < -0.39 is 78.4 Å². The molecule has 0 bridgehead atoms. The maximum Gasteiger partial charge on any atom is 0.329 e. The van der Waals surface area contributed by atoms with Crippen molar-refractivity contribution in [3.8, 4) is 0 Å². The van der Waals surface area contributed by atoms with Gasteiger partial charge in [-0.3, -0.25) is 14.4 Å². The second-order valence-corrected chi connectivity index (χ2v) is 19.5. The normalized spacial score (nSPS) is 39.9. The fraction of sp³-hybridized carbons (Fsp3) is 0.765. The first-order valence-corrected chi connectivity index (χ1v) is 24.0. The van der Waals surface area contributed by atoms with Crippen LogP contribution in [0.25, 0.3) is 0 Å². The molecular weight excluding hydrogens is 835 g/mol. The summed E-state index contributed by atoms with van der Waals surface area (Å²) in [4.78, 5) is 57.2. The summed E-state index contributed by atoms with van der Waals surface area (Å²) in [6.45, 7) is 12.9. The summed E-state index contributed by atoms with van der Waals surface area (Å²) in [6.07, 6.45) is 7.58. The predicted molar refractivity (Wildman–Crippen MR) is 248 cm³/mol. The minimum absolute atomic E-state index is 0.0241. The highest BCUT2D eigenvalue weighted by Crippen LogP contribution is 2.34. The number of cyclic esters (lactones) is 1. The first-order chi connectivity index (χ1) is 30.7. The highest BCUT2D eigenvalue weighted by Gasteiger charge is 2.42. The number of Topliss-reactive ketones (excluding diaryl/α,β-unsaturated/α-hetero) is 2. The van der Waals surface area contributed by atoms with Crippen LogP contribution in [0.15, 0.2) is 47.6 Å². The quantitative estimate of drug-likeness (QED) is 0.162. The Morgan fingerprint density at radius 1 is 0.785 bits per heavy atom. The van der Waals surface area contributed by atoms with Crippen molar-refractivity contribution in [2.24, 2.45) is 35.5 Å². The molecule has 370 valence electrons. The van der Waals surface area contributed by atoms with Crippen LogP contribution in [0.1, 0.15) is 126 Å². The van der Waals surface area contributed by atoms with Crippen molar-refractivity contribution in [3.63, 3.8) is 0 Å². The van der Waals surface area contributed by atoms with Crippen molar-refractivity contribution >= 4 is 23.4 Å². The molecule has 2 fully saturated rings. The zero-order chi connectivity index (χ0) is 48.5. The van der Waals surface area contributed by atoms with Crippen LogP contribution in [-0.4, -0.2) is 143 Å². The molecule has 0 aromatic carbocycles. The van der Waals surface area contributed by atoms with Gasteiger partial charge >= 0.3 is 5.97 Å². The number of nitrogens with zero attached hydrogens (tertiary/aromatic N) is 1. The summed E-state index contributed by atoms with van der Waals surface area (Å²) < 4.78 is 23.0. The van der Waals surface area contributed by atoms with Gasteiger partial charge in [0, 0.05) is 52.6 Å². The van der Waals surface area contributed by atoms with Gasteiger partial charge in [-0.15, -0.1) is 0 Å². The topological polar surface area (TPSA) is 210 Å². The van der Waals surface area contributed by atoms with Crippen molar-refractivity contribution in [3.05, 3.63) is 47.6 Å². The fourth-order valence-corrected chi connectivity index (χ4v) is 9.73. The van der Waals surface area contributed by atoms with Crippen molar-refractivity contribution in [1.82, 2.24) is 4.90 Å². The number of allylic oxidation sites excluding steroid dienone is 6. The van der Waals surface area contributed by atoms with Crippen molar-refractivity contribution in [1.29, 1.82) is 0 Å². The van der Waals surface area contributed by atoms with E-state index in [1.807, 2.05) is 58.1 Å². The Hall–Kier alpha value is -3.08. The summed E-state index contributed by atoms with van der Waals surface area (Å²) in [5.41, 5.74) is 1.28. The predicted octanol–water partition coefficient (Wildman–Crippen LogP) is 5.61. The molecule has 2 aliphatic heterocycles. The van der Waals surface area contributed by atoms with Gasteiger partial charge in [-0.1, -0.05) is 71.1 Å². The number of rotatable bonds is 6. The third-order valence-corrected chi connectivity index (χ3v) is 14.2. The summed E-state index contributed by atoms with van der Waals surface area (Å²) in [5.74, 6) is -3.93. The molecule has 65 heavy (non-hydrogen) atoms. The number of piperidine rings is 1. The Morgan fingerprint density at radius 3 is 2.15 bits per heavy atom. The average molecular weight is 918 g/mol. The molecule has 3 aliphatic rings. The van der Waals surface area contributed by atoms with Gasteiger partial charge in [0.2, 0.25) is 0 Å². The first-order valence-electron chi connectivity index (χ1n) is 24.0. The number of carbonyl (C=O) groups is 4. The van der Waals surface area contributed by atoms with Gasteiger partial charge in [-0.25, -0.2) is 4.79 Å². The number of methoxy groups -OCH3 is 3. The molecule has 1 saturated heterocycles. The van der Waals surface area contributed by atoms with Gasteiger partial charge in [0.05, 0.1) is 30.5 Å². The Morgan fingerprint density at radius 2 is 1.49 bits per heavy atom. The maximum atomic E-state index is 14.2. The molecule has 3 rings (SSSR count). The maximum absolute atomic E-state index is 14.2. The number of ketones is 2. The van der Waals surface area contributed by atoms with Gasteiger partial charge < -0.3 is 49.4 Å². The molecule has 0 spiro atoms. The lowest BCUT2D eigenvalue weighted by Crippen LogP contribution is -2.55. The van der Waals surface area contributed by atoms with Gasteiger partial charge in [0.25, 0.3) is 5.91 Å². The SMILES string of the molecule is CO[C@H]1C[C@@H](O)CC[C@@H](C)[C@H](O)C(O)C(=O)N2CCCC[C@H]2C(=O)O[C@H]([C@H](C)C[C@@H]2CC[C@@H](O)[C@H](OC)C2)CC(=O)[C@H](C)/C=C(\C)[C@@H](O)[C@@H](OC)C(=O)[C@H](C)C[C@H](C)/C=C/C=C/C=C/1C. The second-order valence-electron chi connectivity index (χ2n) is 19.5. The smallest absolute Gasteiger partial charge is 0.329 e. The average Bonchev–Trinajstić information content (AvgIpc) is 3.28. The largest absolute Gasteiger partial charge is 0.460 e. The summed E-state index contributed by atoms with van der Waals surface area (Å²) in [6, 6.07) is -1.05. The second kappa shape index (κ2) is 27.7. The number of carbonyl (C=O) groups excluding carboxylic acids is 4. The first kappa shape index (κ1) is 56.2. The number of fused-ring (bicyclic) bond motifs is 1. The molecular formula is C51H83NO13. The highest BCUT2D eigenvalue weighted by atomic mass is 16.5. The van der Waals surface area contributed by atoms with E-state index >= 15 is 0 Å². The Labute approximate surface area is 388 Å². The lowest BCUT2D eigenvalue weighted by Gasteiger charge is -2.38. The van der Waals surface area contributed by atoms with Crippen LogP contribution >= 0.6 is 0 Å². The van der Waals surface area contributed by atoms with Crippen molar-refractivity contribution in [2.45, 2.75) is 186 Å². The van der Waals surface area contributed by atoms with E-state index in [2.05, 4.69) is 0 Å². The molecule has 0 radical (unpaired) electrons. The van der Waals surface area contributed by atoms with Gasteiger partial charge in [0.1, 0.15) is 30.1 Å². The van der Waals surface area contributed by atoms with Crippen LogP contribution in [0.3, 0.4) is 0 Å². The van der Waals surface area contributed by atoms with E-state index in [1.54, 1.807) is 41.1 Å². The Kier molecular flexibility index (Phi) is 23.9. The minimum atomic E-state index is -1.82. The van der Waals surface area contributed by atoms with Gasteiger partial charge in [0.15, 0.2) is 11.9 Å². The number of aliphatic hydroxyl groups excluding tert-OH is 5. The third kappa shape index (κ3) is 16.9. The number of amides is 1. The van der Waals surface area contributed by atoms with Gasteiger partial charge in [-0.2, -0.15) is 0 Å². The number of ether oxygens (including phenoxy) is 4. The number of hydrogen-bond donors (Lipinski definition) is 5. The van der Waals surface area contributed by atoms with Crippen LogP contribution < -0.4 is 0 Å². The molecule has 0 aromatic heterocycles. The van der Waals surface area contributed by atoms with E-state index in [9.17, 15) is 44.7 Å². The Bertz CT molecular complexity index is 1640. The molecule has 5 N–H and O–H groups in total. The van der Waals surface area contributed by atoms with E-state index in [0.29, 0.717) is 56.9 Å². The van der Waals surface area contributed by atoms with Crippen LogP contribution in [0.2, 0.25) is 0 Å². The fourth-order valence-electron chi connectivity index (χ4n) is 9.73. The molecule has 1 aliphatic carbocycles. The molecule has 2 heterocycles. The molecule has 1 amide bonds.